The number of fused-ring (bicyclic) bond motifs is 2. The average Bonchev–Trinajstić information content (AvgIpc) is 3.08. The van der Waals surface area contributed by atoms with E-state index in [0.717, 1.165) is 16.3 Å². The zero-order valence-corrected chi connectivity index (χ0v) is 22.3. The van der Waals surface area contributed by atoms with E-state index in [1.165, 1.54) is 4.90 Å². The van der Waals surface area contributed by atoms with Crippen LogP contribution in [0.25, 0.3) is 10.8 Å². The minimum absolute atomic E-state index is 0.0827. The first-order valence-electron chi connectivity index (χ1n) is 13.0. The third-order valence-corrected chi connectivity index (χ3v) is 7.06. The molecule has 0 fully saturated rings. The molecule has 0 spiro atoms. The van der Waals surface area contributed by atoms with Gasteiger partial charge in [-0.1, -0.05) is 42.5 Å². The maximum Gasteiger partial charge on any atom is 0.258 e. The molecule has 0 aliphatic carbocycles. The first kappa shape index (κ1) is 26.7. The lowest BCUT2D eigenvalue weighted by Crippen LogP contribution is -2.55. The monoisotopic (exact) mass is 537 g/mol. The van der Waals surface area contributed by atoms with Crippen LogP contribution >= 0.6 is 0 Å². The number of nitrogens with zero attached hydrogens (tertiary/aromatic N) is 2. The Balaban J connectivity index is 1.65. The second-order valence-corrected chi connectivity index (χ2v) is 9.77. The number of carbonyl (C=O) groups is 3. The van der Waals surface area contributed by atoms with Crippen LogP contribution in [0.2, 0.25) is 0 Å². The molecular weight excluding hydrogens is 506 g/mol. The zero-order valence-electron chi connectivity index (χ0n) is 22.3. The van der Waals surface area contributed by atoms with Crippen molar-refractivity contribution in [3.05, 3.63) is 96.1 Å². The lowest BCUT2D eigenvalue weighted by molar-refractivity contribution is -0.127. The molecular formula is C31H31N5O4. The molecule has 0 bridgehead atoms. The predicted octanol–water partition coefficient (Wildman–Crippen LogP) is 3.46. The number of benzene rings is 4. The number of para-hydroxylation sites is 2. The summed E-state index contributed by atoms with van der Waals surface area (Å²) in [7, 11) is 1.59. The summed E-state index contributed by atoms with van der Waals surface area (Å²) in [5.41, 5.74) is 14.5. The SMILES string of the molecule is COc1ccc2ccccc2c1CN1C(=O)C(NC(=O)[C@H](C)N)CN(C(=O)c2ccc(N)cc2)c2ccccc21. The van der Waals surface area contributed by atoms with Crippen molar-refractivity contribution in [3.63, 3.8) is 0 Å². The van der Waals surface area contributed by atoms with Gasteiger partial charge in [0.1, 0.15) is 11.8 Å². The topological polar surface area (TPSA) is 131 Å². The summed E-state index contributed by atoms with van der Waals surface area (Å²) in [5.74, 6) is -0.569. The van der Waals surface area contributed by atoms with Crippen LogP contribution in [-0.4, -0.2) is 43.5 Å². The highest BCUT2D eigenvalue weighted by atomic mass is 16.5. The fourth-order valence-corrected chi connectivity index (χ4v) is 4.96. The summed E-state index contributed by atoms with van der Waals surface area (Å²) in [6, 6.07) is 23.6. The third-order valence-electron chi connectivity index (χ3n) is 7.06. The van der Waals surface area contributed by atoms with E-state index in [9.17, 15) is 14.4 Å². The maximum atomic E-state index is 14.2. The van der Waals surface area contributed by atoms with Crippen LogP contribution in [0.5, 0.6) is 5.75 Å². The highest BCUT2D eigenvalue weighted by molar-refractivity contribution is 6.13. The lowest BCUT2D eigenvalue weighted by Gasteiger charge is -2.27. The number of nitrogens with one attached hydrogen (secondary N) is 1. The molecule has 5 rings (SSSR count). The summed E-state index contributed by atoms with van der Waals surface area (Å²) in [6.45, 7) is 1.61. The van der Waals surface area contributed by atoms with E-state index in [1.54, 1.807) is 55.3 Å². The second-order valence-electron chi connectivity index (χ2n) is 9.77. The van der Waals surface area contributed by atoms with Gasteiger partial charge in [0.15, 0.2) is 0 Å². The van der Waals surface area contributed by atoms with Crippen LogP contribution in [0, 0.1) is 0 Å². The van der Waals surface area contributed by atoms with E-state index in [2.05, 4.69) is 5.32 Å². The molecule has 1 aliphatic heterocycles. The Bertz CT molecular complexity index is 1580. The molecule has 2 atom stereocenters. The molecule has 204 valence electrons. The second kappa shape index (κ2) is 11.1. The summed E-state index contributed by atoms with van der Waals surface area (Å²) in [4.78, 5) is 43.9. The van der Waals surface area contributed by atoms with E-state index in [4.69, 9.17) is 16.2 Å². The van der Waals surface area contributed by atoms with Gasteiger partial charge >= 0.3 is 0 Å². The molecule has 9 heteroatoms. The van der Waals surface area contributed by atoms with Gasteiger partial charge in [0, 0.05) is 16.8 Å². The van der Waals surface area contributed by atoms with Crippen molar-refractivity contribution in [2.45, 2.75) is 25.6 Å². The van der Waals surface area contributed by atoms with E-state index < -0.39 is 18.0 Å². The van der Waals surface area contributed by atoms with Crippen LogP contribution in [0.1, 0.15) is 22.8 Å². The molecule has 0 aromatic heterocycles. The Morgan fingerprint density at radius 3 is 2.35 bits per heavy atom. The highest BCUT2D eigenvalue weighted by Crippen LogP contribution is 2.37. The largest absolute Gasteiger partial charge is 0.496 e. The van der Waals surface area contributed by atoms with Gasteiger partial charge in [0.2, 0.25) is 5.91 Å². The quantitative estimate of drug-likeness (QED) is 0.323. The number of nitrogens with two attached hydrogens (primary N) is 2. The summed E-state index contributed by atoms with van der Waals surface area (Å²) >= 11 is 0. The number of nitrogen functional groups attached to an aromatic ring is 1. The number of hydrogen-bond acceptors (Lipinski definition) is 6. The van der Waals surface area contributed by atoms with Crippen molar-refractivity contribution in [1.29, 1.82) is 0 Å². The molecule has 5 N–H and O–H groups in total. The van der Waals surface area contributed by atoms with Crippen molar-refractivity contribution in [3.8, 4) is 5.75 Å². The van der Waals surface area contributed by atoms with Gasteiger partial charge in [-0.05, 0) is 60.2 Å². The van der Waals surface area contributed by atoms with Crippen molar-refractivity contribution >= 4 is 45.6 Å². The normalized spacial score (nSPS) is 15.8. The summed E-state index contributed by atoms with van der Waals surface area (Å²) < 4.78 is 5.70. The van der Waals surface area contributed by atoms with Crippen molar-refractivity contribution < 1.29 is 19.1 Å². The Hall–Kier alpha value is -4.89. The number of rotatable bonds is 6. The van der Waals surface area contributed by atoms with Gasteiger partial charge in [-0.25, -0.2) is 0 Å². The number of ether oxygens (including phenoxy) is 1. The molecule has 0 saturated heterocycles. The molecule has 1 unspecified atom stereocenters. The Morgan fingerprint density at radius 1 is 0.975 bits per heavy atom. The van der Waals surface area contributed by atoms with Crippen LogP contribution in [0.3, 0.4) is 0 Å². The Labute approximate surface area is 232 Å². The third kappa shape index (κ3) is 5.06. The van der Waals surface area contributed by atoms with Gasteiger partial charge in [0.25, 0.3) is 11.8 Å². The summed E-state index contributed by atoms with van der Waals surface area (Å²) in [6.07, 6.45) is 0. The lowest BCUT2D eigenvalue weighted by atomic mass is 10.0. The van der Waals surface area contributed by atoms with E-state index >= 15 is 0 Å². The van der Waals surface area contributed by atoms with E-state index in [-0.39, 0.29) is 24.9 Å². The number of hydrogen-bond donors (Lipinski definition) is 3. The molecule has 4 aromatic carbocycles. The number of carbonyl (C=O) groups excluding carboxylic acids is 3. The highest BCUT2D eigenvalue weighted by Gasteiger charge is 2.38. The van der Waals surface area contributed by atoms with Crippen molar-refractivity contribution in [2.24, 2.45) is 5.73 Å². The Morgan fingerprint density at radius 2 is 1.65 bits per heavy atom. The predicted molar refractivity (Wildman–Crippen MR) is 156 cm³/mol. The van der Waals surface area contributed by atoms with Crippen LogP contribution < -0.4 is 31.3 Å². The van der Waals surface area contributed by atoms with Gasteiger partial charge < -0.3 is 31.3 Å². The fraction of sp³-hybridized carbons (Fsp3) is 0.194. The number of methoxy groups -OCH3 is 1. The fourth-order valence-electron chi connectivity index (χ4n) is 4.96. The van der Waals surface area contributed by atoms with Crippen LogP contribution in [-0.2, 0) is 16.1 Å². The molecule has 40 heavy (non-hydrogen) atoms. The molecule has 1 aliphatic rings. The van der Waals surface area contributed by atoms with E-state index in [1.807, 2.05) is 48.5 Å². The number of anilines is 3. The van der Waals surface area contributed by atoms with Gasteiger partial charge in [-0.3, -0.25) is 14.4 Å². The molecule has 0 radical (unpaired) electrons. The maximum absolute atomic E-state index is 14.2. The average molecular weight is 538 g/mol. The van der Waals surface area contributed by atoms with E-state index in [0.29, 0.717) is 28.4 Å². The van der Waals surface area contributed by atoms with Crippen molar-refractivity contribution in [1.82, 2.24) is 5.32 Å². The van der Waals surface area contributed by atoms with Gasteiger partial charge in [-0.2, -0.15) is 0 Å². The smallest absolute Gasteiger partial charge is 0.258 e. The minimum Gasteiger partial charge on any atom is -0.496 e. The van der Waals surface area contributed by atoms with Gasteiger partial charge in [-0.15, -0.1) is 0 Å². The van der Waals surface area contributed by atoms with Gasteiger partial charge in [0.05, 0.1) is 37.6 Å². The number of amides is 3. The van der Waals surface area contributed by atoms with Crippen LogP contribution in [0.15, 0.2) is 84.9 Å². The van der Waals surface area contributed by atoms with Crippen molar-refractivity contribution in [2.75, 3.05) is 29.2 Å². The molecule has 0 saturated carbocycles. The minimum atomic E-state index is -1.05. The standard InChI is InChI=1S/C31H31N5O4/c1-19(32)29(37)34-25-18-36(30(38)21-11-14-22(33)15-12-21)27-10-6-5-9-26(27)35(31(25)39)17-24-23-8-4-3-7-20(23)13-16-28(24)40-2/h3-16,19,25H,17-18,32-33H2,1-2H3,(H,34,37)/t19-,25?/m0/s1. The zero-order chi connectivity index (χ0) is 28.4. The Kier molecular flexibility index (Phi) is 7.39. The first-order chi connectivity index (χ1) is 19.3. The first-order valence-corrected chi connectivity index (χ1v) is 13.0. The molecule has 1 heterocycles. The molecule has 3 amide bonds. The summed E-state index contributed by atoms with van der Waals surface area (Å²) in [5, 5.41) is 4.70. The molecule has 4 aromatic rings. The molecule has 9 nitrogen and oxygen atoms in total. The van der Waals surface area contributed by atoms with Crippen LogP contribution in [0.4, 0.5) is 17.1 Å².